The number of hydrogen-bond acceptors (Lipinski definition) is 4. The molecule has 4 rings (SSSR count). The lowest BCUT2D eigenvalue weighted by atomic mass is 10.2. The lowest BCUT2D eigenvalue weighted by molar-refractivity contribution is 0.630. The van der Waals surface area contributed by atoms with Crippen molar-refractivity contribution >= 4 is 16.9 Å². The second-order valence-electron chi connectivity index (χ2n) is 6.24. The van der Waals surface area contributed by atoms with Crippen LogP contribution in [0.1, 0.15) is 20.3 Å². The predicted octanol–water partition coefficient (Wildman–Crippen LogP) is 3.03. The Balaban J connectivity index is 1.76. The smallest absolute Gasteiger partial charge is 0.168 e. The molecule has 2 heterocycles. The zero-order chi connectivity index (χ0) is 14.4. The second-order valence-corrected chi connectivity index (χ2v) is 6.24. The third kappa shape index (κ3) is 2.05. The van der Waals surface area contributed by atoms with Gasteiger partial charge in [0.05, 0.1) is 17.3 Å². The van der Waals surface area contributed by atoms with Crippen LogP contribution in [-0.2, 0) is 0 Å². The van der Waals surface area contributed by atoms with Crippen LogP contribution in [0.5, 0.6) is 0 Å². The lowest BCUT2D eigenvalue weighted by Gasteiger charge is -2.08. The summed E-state index contributed by atoms with van der Waals surface area (Å²) in [4.78, 5) is 8.78. The Morgan fingerprint density at radius 1 is 1.19 bits per heavy atom. The molecule has 1 saturated carbocycles. The van der Waals surface area contributed by atoms with Crippen molar-refractivity contribution in [2.45, 2.75) is 26.3 Å². The van der Waals surface area contributed by atoms with E-state index in [0.29, 0.717) is 11.5 Å². The summed E-state index contributed by atoms with van der Waals surface area (Å²) >= 11 is 0. The number of fused-ring (bicyclic) bond motifs is 1. The molecule has 1 aromatic carbocycles. The minimum Gasteiger partial charge on any atom is -0.366 e. The normalized spacial score (nSPS) is 19.6. The number of benzene rings is 1. The third-order valence-corrected chi connectivity index (χ3v) is 4.19. The van der Waals surface area contributed by atoms with Crippen LogP contribution in [0, 0.1) is 5.41 Å². The van der Waals surface area contributed by atoms with Crippen molar-refractivity contribution in [2.24, 2.45) is 5.41 Å². The molecule has 21 heavy (non-hydrogen) atoms. The van der Waals surface area contributed by atoms with Crippen LogP contribution in [0.4, 0.5) is 5.82 Å². The Labute approximate surface area is 123 Å². The fraction of sp³-hybridized carbons (Fsp3) is 0.312. The minimum atomic E-state index is 0.354. The molecule has 0 amide bonds. The monoisotopic (exact) mass is 279 g/mol. The molecule has 1 aliphatic carbocycles. The zero-order valence-corrected chi connectivity index (χ0v) is 12.1. The summed E-state index contributed by atoms with van der Waals surface area (Å²) in [6.45, 7) is 4.52. The SMILES string of the molecule is CC1(C)CC1Nc1ncnc2c1cnn2-c1ccccc1. The highest BCUT2D eigenvalue weighted by Gasteiger charge is 2.46. The van der Waals surface area contributed by atoms with Crippen molar-refractivity contribution in [3.63, 3.8) is 0 Å². The zero-order valence-electron chi connectivity index (χ0n) is 12.1. The van der Waals surface area contributed by atoms with Gasteiger partial charge in [0.1, 0.15) is 12.1 Å². The molecule has 0 spiro atoms. The van der Waals surface area contributed by atoms with Gasteiger partial charge in [0.25, 0.3) is 0 Å². The van der Waals surface area contributed by atoms with Crippen molar-refractivity contribution < 1.29 is 0 Å². The standard InChI is InChI=1S/C16H17N5/c1-16(2)8-13(16)20-14-12-9-19-21(15(12)18-10-17-14)11-6-4-3-5-7-11/h3-7,9-10,13H,8H2,1-2H3,(H,17,18,20). The molecule has 0 aliphatic heterocycles. The van der Waals surface area contributed by atoms with Crippen LogP contribution < -0.4 is 5.32 Å². The Bertz CT molecular complexity index is 791. The predicted molar refractivity (Wildman–Crippen MR) is 82.5 cm³/mol. The fourth-order valence-corrected chi connectivity index (χ4v) is 2.60. The average Bonchev–Trinajstić information content (AvgIpc) is 2.90. The molecule has 0 radical (unpaired) electrons. The molecule has 3 aromatic rings. The van der Waals surface area contributed by atoms with Gasteiger partial charge in [-0.1, -0.05) is 32.0 Å². The maximum absolute atomic E-state index is 4.46. The van der Waals surface area contributed by atoms with Crippen molar-refractivity contribution in [3.8, 4) is 5.69 Å². The number of nitrogens with zero attached hydrogens (tertiary/aromatic N) is 4. The maximum Gasteiger partial charge on any atom is 0.168 e. The Morgan fingerprint density at radius 2 is 1.95 bits per heavy atom. The van der Waals surface area contributed by atoms with Gasteiger partial charge in [-0.05, 0) is 24.0 Å². The number of aromatic nitrogens is 4. The van der Waals surface area contributed by atoms with Crippen LogP contribution >= 0.6 is 0 Å². The number of nitrogens with one attached hydrogen (secondary N) is 1. The van der Waals surface area contributed by atoms with E-state index in [1.807, 2.05) is 41.2 Å². The summed E-state index contributed by atoms with van der Waals surface area (Å²) in [5.41, 5.74) is 2.19. The summed E-state index contributed by atoms with van der Waals surface area (Å²) in [7, 11) is 0. The van der Waals surface area contributed by atoms with E-state index in [2.05, 4.69) is 34.2 Å². The van der Waals surface area contributed by atoms with Gasteiger partial charge in [-0.25, -0.2) is 14.6 Å². The molecule has 5 nitrogen and oxygen atoms in total. The molecular formula is C16H17N5. The van der Waals surface area contributed by atoms with Crippen LogP contribution in [0.25, 0.3) is 16.7 Å². The summed E-state index contributed by atoms with van der Waals surface area (Å²) in [6.07, 6.45) is 4.60. The summed E-state index contributed by atoms with van der Waals surface area (Å²) in [5, 5.41) is 8.94. The molecule has 2 aromatic heterocycles. The number of rotatable bonds is 3. The first-order chi connectivity index (χ1) is 10.1. The molecule has 1 unspecified atom stereocenters. The second kappa shape index (κ2) is 4.28. The third-order valence-electron chi connectivity index (χ3n) is 4.19. The maximum atomic E-state index is 4.46. The highest BCUT2D eigenvalue weighted by atomic mass is 15.3. The van der Waals surface area contributed by atoms with Gasteiger partial charge >= 0.3 is 0 Å². The Morgan fingerprint density at radius 3 is 2.67 bits per heavy atom. The minimum absolute atomic E-state index is 0.354. The molecule has 1 aliphatic rings. The van der Waals surface area contributed by atoms with Crippen molar-refractivity contribution in [1.82, 2.24) is 19.7 Å². The number of hydrogen-bond donors (Lipinski definition) is 1. The highest BCUT2D eigenvalue weighted by Crippen LogP contribution is 2.46. The van der Waals surface area contributed by atoms with Gasteiger partial charge in [-0.15, -0.1) is 0 Å². The van der Waals surface area contributed by atoms with Gasteiger partial charge in [0.15, 0.2) is 5.65 Å². The van der Waals surface area contributed by atoms with Crippen molar-refractivity contribution in [3.05, 3.63) is 42.9 Å². The van der Waals surface area contributed by atoms with E-state index in [1.54, 1.807) is 6.33 Å². The molecule has 1 N–H and O–H groups in total. The molecule has 106 valence electrons. The largest absolute Gasteiger partial charge is 0.366 e. The number of para-hydroxylation sites is 1. The van der Waals surface area contributed by atoms with Crippen LogP contribution in [-0.4, -0.2) is 25.8 Å². The van der Waals surface area contributed by atoms with Gasteiger partial charge in [-0.2, -0.15) is 5.10 Å². The van der Waals surface area contributed by atoms with E-state index in [0.717, 1.165) is 22.5 Å². The first-order valence-corrected chi connectivity index (χ1v) is 7.16. The first-order valence-electron chi connectivity index (χ1n) is 7.16. The highest BCUT2D eigenvalue weighted by molar-refractivity contribution is 5.87. The molecule has 0 saturated heterocycles. The van der Waals surface area contributed by atoms with Gasteiger partial charge in [0.2, 0.25) is 0 Å². The molecule has 1 fully saturated rings. The number of anilines is 1. The summed E-state index contributed by atoms with van der Waals surface area (Å²) in [5.74, 6) is 0.873. The molecule has 0 bridgehead atoms. The van der Waals surface area contributed by atoms with E-state index in [4.69, 9.17) is 0 Å². The van der Waals surface area contributed by atoms with E-state index >= 15 is 0 Å². The van der Waals surface area contributed by atoms with Crippen LogP contribution in [0.3, 0.4) is 0 Å². The van der Waals surface area contributed by atoms with E-state index in [1.165, 1.54) is 6.42 Å². The topological polar surface area (TPSA) is 55.6 Å². The van der Waals surface area contributed by atoms with Crippen molar-refractivity contribution in [1.29, 1.82) is 0 Å². The van der Waals surface area contributed by atoms with Crippen molar-refractivity contribution in [2.75, 3.05) is 5.32 Å². The summed E-state index contributed by atoms with van der Waals surface area (Å²) < 4.78 is 1.85. The molecule has 1 atom stereocenters. The Kier molecular flexibility index (Phi) is 2.51. The van der Waals surface area contributed by atoms with Crippen LogP contribution in [0.2, 0.25) is 0 Å². The van der Waals surface area contributed by atoms with Crippen LogP contribution in [0.15, 0.2) is 42.9 Å². The van der Waals surface area contributed by atoms with Gasteiger partial charge in [0, 0.05) is 6.04 Å². The summed E-state index contributed by atoms with van der Waals surface area (Å²) in [6, 6.07) is 10.5. The Hall–Kier alpha value is -2.43. The first kappa shape index (κ1) is 12.3. The lowest BCUT2D eigenvalue weighted by Crippen LogP contribution is -2.10. The van der Waals surface area contributed by atoms with E-state index < -0.39 is 0 Å². The quantitative estimate of drug-likeness (QED) is 0.800. The average molecular weight is 279 g/mol. The molecular weight excluding hydrogens is 262 g/mol. The fourth-order valence-electron chi connectivity index (χ4n) is 2.60. The van der Waals surface area contributed by atoms with E-state index in [-0.39, 0.29) is 0 Å². The van der Waals surface area contributed by atoms with E-state index in [9.17, 15) is 0 Å². The van der Waals surface area contributed by atoms with Gasteiger partial charge < -0.3 is 5.32 Å². The molecule has 5 heteroatoms. The van der Waals surface area contributed by atoms with Gasteiger partial charge in [-0.3, -0.25) is 0 Å².